The van der Waals surface area contributed by atoms with E-state index >= 15 is 0 Å². The smallest absolute Gasteiger partial charge is 0.279 e. The Balaban J connectivity index is 1.66. The maximum absolute atomic E-state index is 12.6. The number of ether oxygens (including phenoxy) is 2. The molecule has 3 aromatic rings. The molecule has 2 aromatic carbocycles. The highest BCUT2D eigenvalue weighted by Gasteiger charge is 2.15. The lowest BCUT2D eigenvalue weighted by Crippen LogP contribution is -3.08. The van der Waals surface area contributed by atoms with Crippen LogP contribution in [-0.2, 0) is 11.3 Å². The van der Waals surface area contributed by atoms with Gasteiger partial charge in [-0.1, -0.05) is 11.6 Å². The minimum atomic E-state index is -0.133. The van der Waals surface area contributed by atoms with Crippen molar-refractivity contribution in [1.82, 2.24) is 14.8 Å². The standard InChI is InChI=1S/C20H22ClN5O3/c1-25(10-14-4-7-18(28-2)19(8-14)29-3)11-20(27)24-16-9-15(21)5-6-17(16)26-13-22-12-23-26/h4-9,12-13H,10-11H2,1-3H3,(H,24,27)/p+1. The lowest BCUT2D eigenvalue weighted by atomic mass is 10.2. The number of nitrogens with zero attached hydrogens (tertiary/aromatic N) is 3. The Bertz CT molecular complexity index is 978. The fourth-order valence-electron chi connectivity index (χ4n) is 3.01. The van der Waals surface area contributed by atoms with Gasteiger partial charge in [-0.2, -0.15) is 5.10 Å². The van der Waals surface area contributed by atoms with Gasteiger partial charge in [-0.15, -0.1) is 0 Å². The second kappa shape index (κ2) is 9.40. The molecule has 0 saturated carbocycles. The molecule has 0 spiro atoms. The van der Waals surface area contributed by atoms with Gasteiger partial charge >= 0.3 is 0 Å². The molecule has 1 unspecified atom stereocenters. The highest BCUT2D eigenvalue weighted by Crippen LogP contribution is 2.27. The van der Waals surface area contributed by atoms with Crippen LogP contribution in [0.15, 0.2) is 49.1 Å². The van der Waals surface area contributed by atoms with Crippen LogP contribution in [0.4, 0.5) is 5.69 Å². The van der Waals surface area contributed by atoms with E-state index < -0.39 is 0 Å². The number of quaternary nitrogens is 1. The molecule has 1 aromatic heterocycles. The van der Waals surface area contributed by atoms with Crippen molar-refractivity contribution in [2.75, 3.05) is 33.1 Å². The van der Waals surface area contributed by atoms with Crippen molar-refractivity contribution in [3.63, 3.8) is 0 Å². The van der Waals surface area contributed by atoms with Gasteiger partial charge in [0, 0.05) is 10.6 Å². The zero-order valence-electron chi connectivity index (χ0n) is 16.5. The number of aromatic nitrogens is 3. The van der Waals surface area contributed by atoms with Crippen molar-refractivity contribution in [2.45, 2.75) is 6.54 Å². The van der Waals surface area contributed by atoms with E-state index in [1.165, 1.54) is 6.33 Å². The van der Waals surface area contributed by atoms with Crippen LogP contribution in [0.3, 0.4) is 0 Å². The topological polar surface area (TPSA) is 82.7 Å². The molecule has 0 saturated heterocycles. The largest absolute Gasteiger partial charge is 0.493 e. The summed E-state index contributed by atoms with van der Waals surface area (Å²) in [5.41, 5.74) is 2.31. The van der Waals surface area contributed by atoms with E-state index in [0.717, 1.165) is 10.5 Å². The maximum atomic E-state index is 12.6. The number of rotatable bonds is 8. The third kappa shape index (κ3) is 5.24. The average Bonchev–Trinajstić information content (AvgIpc) is 3.22. The first kappa shape index (κ1) is 20.6. The first-order valence-corrected chi connectivity index (χ1v) is 9.34. The zero-order chi connectivity index (χ0) is 20.8. The summed E-state index contributed by atoms with van der Waals surface area (Å²) in [6.45, 7) is 0.927. The lowest BCUT2D eigenvalue weighted by molar-refractivity contribution is -0.885. The first-order valence-electron chi connectivity index (χ1n) is 8.96. The molecule has 0 radical (unpaired) electrons. The van der Waals surface area contributed by atoms with E-state index in [0.29, 0.717) is 34.4 Å². The second-order valence-electron chi connectivity index (χ2n) is 6.55. The molecule has 3 rings (SSSR count). The van der Waals surface area contributed by atoms with Gasteiger partial charge in [0.2, 0.25) is 0 Å². The molecule has 9 heteroatoms. The molecule has 0 aliphatic carbocycles. The van der Waals surface area contributed by atoms with Crippen molar-refractivity contribution in [3.05, 3.63) is 59.6 Å². The minimum absolute atomic E-state index is 0.133. The van der Waals surface area contributed by atoms with Crippen LogP contribution in [0.2, 0.25) is 5.02 Å². The molecular weight excluding hydrogens is 394 g/mol. The SMILES string of the molecule is COc1ccc(C[NH+](C)CC(=O)Nc2cc(Cl)ccc2-n2cncn2)cc1OC. The number of hydrogen-bond acceptors (Lipinski definition) is 5. The number of methoxy groups -OCH3 is 2. The van der Waals surface area contributed by atoms with Crippen LogP contribution in [0, 0.1) is 0 Å². The van der Waals surface area contributed by atoms with Crippen LogP contribution in [0.25, 0.3) is 5.69 Å². The number of benzene rings is 2. The van der Waals surface area contributed by atoms with E-state index in [1.807, 2.05) is 25.2 Å². The van der Waals surface area contributed by atoms with Crippen molar-refractivity contribution >= 4 is 23.2 Å². The van der Waals surface area contributed by atoms with Crippen molar-refractivity contribution in [3.8, 4) is 17.2 Å². The van der Waals surface area contributed by atoms with Gasteiger partial charge in [-0.25, -0.2) is 9.67 Å². The predicted molar refractivity (Wildman–Crippen MR) is 110 cm³/mol. The number of amides is 1. The van der Waals surface area contributed by atoms with E-state index in [4.69, 9.17) is 21.1 Å². The molecule has 0 aliphatic rings. The predicted octanol–water partition coefficient (Wildman–Crippen LogP) is 1.59. The summed E-state index contributed by atoms with van der Waals surface area (Å²) in [7, 11) is 5.15. The second-order valence-corrected chi connectivity index (χ2v) is 6.99. The molecule has 1 amide bonds. The van der Waals surface area contributed by atoms with Crippen molar-refractivity contribution < 1.29 is 19.2 Å². The van der Waals surface area contributed by atoms with E-state index in [2.05, 4.69) is 15.4 Å². The number of likely N-dealkylation sites (N-methyl/N-ethyl adjacent to an activating group) is 1. The molecule has 152 valence electrons. The molecule has 0 bridgehead atoms. The summed E-state index contributed by atoms with van der Waals surface area (Å²) >= 11 is 6.10. The summed E-state index contributed by atoms with van der Waals surface area (Å²) in [5.74, 6) is 1.21. The van der Waals surface area contributed by atoms with Gasteiger partial charge in [-0.3, -0.25) is 4.79 Å². The normalized spacial score (nSPS) is 11.7. The maximum Gasteiger partial charge on any atom is 0.279 e. The number of carbonyl (C=O) groups is 1. The molecule has 8 nitrogen and oxygen atoms in total. The molecule has 0 aliphatic heterocycles. The summed E-state index contributed by atoms with van der Waals surface area (Å²) in [6.07, 6.45) is 2.99. The summed E-state index contributed by atoms with van der Waals surface area (Å²) in [6, 6.07) is 11.0. The molecule has 29 heavy (non-hydrogen) atoms. The summed E-state index contributed by atoms with van der Waals surface area (Å²) in [5, 5.41) is 7.56. The fourth-order valence-corrected chi connectivity index (χ4v) is 3.18. The Morgan fingerprint density at radius 1 is 1.17 bits per heavy atom. The Hall–Kier alpha value is -3.10. The van der Waals surface area contributed by atoms with Gasteiger partial charge in [0.25, 0.3) is 5.91 Å². The van der Waals surface area contributed by atoms with Crippen LogP contribution >= 0.6 is 11.6 Å². The Morgan fingerprint density at radius 2 is 1.97 bits per heavy atom. The molecular formula is C20H23ClN5O3+. The Kier molecular flexibility index (Phi) is 6.69. The zero-order valence-corrected chi connectivity index (χ0v) is 17.2. The average molecular weight is 417 g/mol. The van der Waals surface area contributed by atoms with Crippen molar-refractivity contribution in [1.29, 1.82) is 0 Å². The third-order valence-corrected chi connectivity index (χ3v) is 4.55. The van der Waals surface area contributed by atoms with Crippen LogP contribution in [0.1, 0.15) is 5.56 Å². The summed E-state index contributed by atoms with van der Waals surface area (Å²) in [4.78, 5) is 17.6. The number of carbonyl (C=O) groups excluding carboxylic acids is 1. The first-order chi connectivity index (χ1) is 14.0. The quantitative estimate of drug-likeness (QED) is 0.582. The molecule has 0 fully saturated rings. The number of anilines is 1. The van der Waals surface area contributed by atoms with Crippen LogP contribution < -0.4 is 19.7 Å². The van der Waals surface area contributed by atoms with E-state index in [9.17, 15) is 4.79 Å². The monoisotopic (exact) mass is 416 g/mol. The minimum Gasteiger partial charge on any atom is -0.493 e. The highest BCUT2D eigenvalue weighted by atomic mass is 35.5. The van der Waals surface area contributed by atoms with Gasteiger partial charge in [0.1, 0.15) is 19.2 Å². The number of hydrogen-bond donors (Lipinski definition) is 2. The lowest BCUT2D eigenvalue weighted by Gasteiger charge is -2.16. The molecule has 2 N–H and O–H groups in total. The van der Waals surface area contributed by atoms with Gasteiger partial charge in [-0.05, 0) is 36.4 Å². The molecule has 1 heterocycles. The summed E-state index contributed by atoms with van der Waals surface area (Å²) < 4.78 is 12.2. The van der Waals surface area contributed by atoms with Gasteiger partial charge in [0.05, 0.1) is 32.6 Å². The highest BCUT2D eigenvalue weighted by molar-refractivity contribution is 6.31. The number of nitrogens with one attached hydrogen (secondary N) is 2. The molecule has 1 atom stereocenters. The van der Waals surface area contributed by atoms with E-state index in [-0.39, 0.29) is 12.5 Å². The third-order valence-electron chi connectivity index (χ3n) is 4.31. The van der Waals surface area contributed by atoms with E-state index in [1.54, 1.807) is 43.4 Å². The van der Waals surface area contributed by atoms with Gasteiger partial charge < -0.3 is 19.7 Å². The van der Waals surface area contributed by atoms with Crippen molar-refractivity contribution in [2.24, 2.45) is 0 Å². The number of halogens is 1. The van der Waals surface area contributed by atoms with Gasteiger partial charge in [0.15, 0.2) is 18.0 Å². The fraction of sp³-hybridized carbons (Fsp3) is 0.250. The Labute approximate surface area is 174 Å². The van der Waals surface area contributed by atoms with Crippen LogP contribution in [0.5, 0.6) is 11.5 Å². The Morgan fingerprint density at radius 3 is 2.66 bits per heavy atom. The van der Waals surface area contributed by atoms with Crippen LogP contribution in [-0.4, -0.2) is 48.5 Å².